The first-order chi connectivity index (χ1) is 12.4. The van der Waals surface area contributed by atoms with Gasteiger partial charge in [0.25, 0.3) is 0 Å². The number of carbonyl (C=O) groups is 1. The largest absolute Gasteiger partial charge is 0.496 e. The van der Waals surface area contributed by atoms with Gasteiger partial charge < -0.3 is 9.64 Å². The zero-order chi connectivity index (χ0) is 18.7. The highest BCUT2D eigenvalue weighted by Crippen LogP contribution is 2.35. The van der Waals surface area contributed by atoms with Gasteiger partial charge in [0.2, 0.25) is 5.91 Å². The van der Waals surface area contributed by atoms with Crippen LogP contribution in [0.2, 0.25) is 0 Å². The molecule has 26 heavy (non-hydrogen) atoms. The minimum absolute atomic E-state index is 0.254. The average Bonchev–Trinajstić information content (AvgIpc) is 2.85. The van der Waals surface area contributed by atoms with Crippen LogP contribution in [0.1, 0.15) is 69.6 Å². The first-order valence-electron chi connectivity index (χ1n) is 10.3. The van der Waals surface area contributed by atoms with E-state index in [1.165, 1.54) is 30.4 Å². The van der Waals surface area contributed by atoms with E-state index in [1.807, 2.05) is 0 Å². The number of methoxy groups -OCH3 is 1. The lowest BCUT2D eigenvalue weighted by atomic mass is 9.75. The van der Waals surface area contributed by atoms with Gasteiger partial charge in [-0.1, -0.05) is 33.3 Å². The Hall–Kier alpha value is -1.51. The molecule has 0 atom stereocenters. The van der Waals surface area contributed by atoms with Crippen LogP contribution < -0.4 is 4.74 Å². The number of carbonyl (C=O) groups excluding carboxylic acids is 1. The Labute approximate surface area is 159 Å². The maximum absolute atomic E-state index is 12.9. The van der Waals surface area contributed by atoms with Gasteiger partial charge in [-0.05, 0) is 67.1 Å². The topological polar surface area (TPSA) is 29.5 Å². The minimum Gasteiger partial charge on any atom is -0.496 e. The average molecular weight is 358 g/mol. The van der Waals surface area contributed by atoms with Crippen molar-refractivity contribution in [2.75, 3.05) is 20.2 Å². The van der Waals surface area contributed by atoms with Crippen molar-refractivity contribution >= 4 is 5.91 Å². The second kappa shape index (κ2) is 8.02. The lowest BCUT2D eigenvalue weighted by Gasteiger charge is -2.38. The summed E-state index contributed by atoms with van der Waals surface area (Å²) in [6.07, 6.45) is 8.81. The molecule has 0 radical (unpaired) electrons. The van der Waals surface area contributed by atoms with Crippen LogP contribution in [0.3, 0.4) is 0 Å². The van der Waals surface area contributed by atoms with Crippen LogP contribution in [0.5, 0.6) is 5.75 Å². The minimum atomic E-state index is 0.254. The summed E-state index contributed by atoms with van der Waals surface area (Å²) >= 11 is 0. The van der Waals surface area contributed by atoms with Crippen LogP contribution in [0.4, 0.5) is 0 Å². The summed E-state index contributed by atoms with van der Waals surface area (Å²) in [7, 11) is 1.72. The third-order valence-electron chi connectivity index (χ3n) is 6.41. The summed E-state index contributed by atoms with van der Waals surface area (Å²) in [5.74, 6) is 1.86. The molecule has 0 saturated carbocycles. The number of benzene rings is 1. The Morgan fingerprint density at radius 1 is 1.08 bits per heavy atom. The van der Waals surface area contributed by atoms with E-state index in [2.05, 4.69) is 37.8 Å². The van der Waals surface area contributed by atoms with Crippen LogP contribution in [-0.2, 0) is 24.1 Å². The number of aryl methyl sites for hydroxylation is 2. The summed E-state index contributed by atoms with van der Waals surface area (Å²) in [4.78, 5) is 15.0. The first-order valence-corrected chi connectivity index (χ1v) is 10.3. The fourth-order valence-electron chi connectivity index (χ4n) is 4.59. The number of rotatable bonds is 3. The molecule has 0 bridgehead atoms. The maximum Gasteiger partial charge on any atom is 0.227 e. The van der Waals surface area contributed by atoms with Crippen molar-refractivity contribution < 1.29 is 9.53 Å². The lowest BCUT2D eigenvalue weighted by molar-refractivity contribution is -0.132. The number of amides is 1. The van der Waals surface area contributed by atoms with E-state index in [0.717, 1.165) is 50.1 Å². The van der Waals surface area contributed by atoms with Gasteiger partial charge in [-0.15, -0.1) is 0 Å². The number of fused-ring (bicyclic) bond motifs is 1. The second-order valence-electron chi connectivity index (χ2n) is 9.19. The highest BCUT2D eigenvalue weighted by Gasteiger charge is 2.30. The molecule has 0 aromatic heterocycles. The Bertz CT molecular complexity index is 636. The fourth-order valence-corrected chi connectivity index (χ4v) is 4.59. The molecule has 1 saturated heterocycles. The van der Waals surface area contributed by atoms with Crippen molar-refractivity contribution in [3.05, 3.63) is 28.8 Å². The van der Waals surface area contributed by atoms with E-state index in [9.17, 15) is 4.79 Å². The molecule has 0 N–H and O–H groups in total. The van der Waals surface area contributed by atoms with Crippen molar-refractivity contribution in [2.45, 2.75) is 72.1 Å². The quantitative estimate of drug-likeness (QED) is 0.728. The fraction of sp³-hybridized carbons (Fsp3) is 0.696. The van der Waals surface area contributed by atoms with Crippen LogP contribution >= 0.6 is 0 Å². The van der Waals surface area contributed by atoms with Crippen LogP contribution in [0.25, 0.3) is 0 Å². The van der Waals surface area contributed by atoms with Crippen molar-refractivity contribution in [3.8, 4) is 5.75 Å². The number of nitrogens with zero attached hydrogens (tertiary/aromatic N) is 1. The molecule has 1 amide bonds. The van der Waals surface area contributed by atoms with E-state index in [0.29, 0.717) is 17.8 Å². The first kappa shape index (κ1) is 19.3. The molecule has 1 aliphatic heterocycles. The van der Waals surface area contributed by atoms with Gasteiger partial charge in [0.05, 0.1) is 13.5 Å². The van der Waals surface area contributed by atoms with Gasteiger partial charge in [-0.3, -0.25) is 4.79 Å². The van der Waals surface area contributed by atoms with Crippen molar-refractivity contribution in [1.82, 2.24) is 4.90 Å². The molecule has 3 nitrogen and oxygen atoms in total. The summed E-state index contributed by atoms with van der Waals surface area (Å²) in [5, 5.41) is 0. The van der Waals surface area contributed by atoms with E-state index in [1.54, 1.807) is 7.11 Å². The summed E-state index contributed by atoms with van der Waals surface area (Å²) in [5.41, 5.74) is 4.25. The molecule has 1 heterocycles. The molecule has 1 aromatic rings. The molecule has 1 fully saturated rings. The molecule has 3 rings (SSSR count). The van der Waals surface area contributed by atoms with E-state index >= 15 is 0 Å². The van der Waals surface area contributed by atoms with Gasteiger partial charge in [-0.25, -0.2) is 0 Å². The predicted octanol–water partition coefficient (Wildman–Crippen LogP) is 4.79. The summed E-state index contributed by atoms with van der Waals surface area (Å²) in [6.45, 7) is 8.74. The number of piperidine rings is 1. The molecular formula is C23H35NO2. The van der Waals surface area contributed by atoms with Gasteiger partial charge in [0.1, 0.15) is 5.75 Å². The van der Waals surface area contributed by atoms with Crippen LogP contribution in [0, 0.1) is 11.3 Å². The normalized spacial score (nSPS) is 19.0. The molecule has 1 aliphatic carbocycles. The molecular weight excluding hydrogens is 322 g/mol. The summed E-state index contributed by atoms with van der Waals surface area (Å²) < 4.78 is 5.63. The zero-order valence-corrected chi connectivity index (χ0v) is 17.1. The number of likely N-dealkylation sites (tertiary alicyclic amines) is 1. The van der Waals surface area contributed by atoms with Gasteiger partial charge in [0.15, 0.2) is 0 Å². The Balaban J connectivity index is 1.68. The van der Waals surface area contributed by atoms with E-state index in [4.69, 9.17) is 4.74 Å². The van der Waals surface area contributed by atoms with Gasteiger partial charge in [-0.2, -0.15) is 0 Å². The second-order valence-corrected chi connectivity index (χ2v) is 9.19. The SMILES string of the molecule is COc1cc2c(cc1CC(=O)N1CCC(C(C)(C)C)CC1)CCCCC2. The van der Waals surface area contributed by atoms with Crippen molar-refractivity contribution in [3.63, 3.8) is 0 Å². The van der Waals surface area contributed by atoms with Crippen molar-refractivity contribution in [2.24, 2.45) is 11.3 Å². The third-order valence-corrected chi connectivity index (χ3v) is 6.41. The van der Waals surface area contributed by atoms with E-state index < -0.39 is 0 Å². The lowest BCUT2D eigenvalue weighted by Crippen LogP contribution is -2.42. The Morgan fingerprint density at radius 2 is 1.69 bits per heavy atom. The summed E-state index contributed by atoms with van der Waals surface area (Å²) in [6, 6.07) is 4.44. The van der Waals surface area contributed by atoms with Gasteiger partial charge >= 0.3 is 0 Å². The Morgan fingerprint density at radius 3 is 2.27 bits per heavy atom. The molecule has 1 aromatic carbocycles. The standard InChI is InChI=1S/C23H35NO2/c1-23(2,3)20-10-12-24(13-11-20)22(25)16-19-14-17-8-6-5-7-9-18(17)15-21(19)26-4/h14-15,20H,5-13,16H2,1-4H3. The predicted molar refractivity (Wildman–Crippen MR) is 107 cm³/mol. The number of ether oxygens (including phenoxy) is 1. The van der Waals surface area contributed by atoms with Crippen molar-refractivity contribution in [1.29, 1.82) is 0 Å². The number of hydrogen-bond acceptors (Lipinski definition) is 2. The Kier molecular flexibility index (Phi) is 5.94. The van der Waals surface area contributed by atoms with Crippen LogP contribution in [-0.4, -0.2) is 31.0 Å². The zero-order valence-electron chi connectivity index (χ0n) is 17.1. The highest BCUT2D eigenvalue weighted by atomic mass is 16.5. The molecule has 3 heteroatoms. The molecule has 0 unspecified atom stereocenters. The van der Waals surface area contributed by atoms with Crippen LogP contribution in [0.15, 0.2) is 12.1 Å². The molecule has 0 spiro atoms. The van der Waals surface area contributed by atoms with Gasteiger partial charge in [0, 0.05) is 18.7 Å². The number of hydrogen-bond donors (Lipinski definition) is 0. The smallest absolute Gasteiger partial charge is 0.227 e. The highest BCUT2D eigenvalue weighted by molar-refractivity contribution is 5.79. The third kappa shape index (κ3) is 4.42. The molecule has 144 valence electrons. The molecule has 2 aliphatic rings. The van der Waals surface area contributed by atoms with E-state index in [-0.39, 0.29) is 5.91 Å². The monoisotopic (exact) mass is 357 g/mol. The maximum atomic E-state index is 12.9.